The summed E-state index contributed by atoms with van der Waals surface area (Å²) in [6, 6.07) is 8.61. The minimum Gasteiger partial charge on any atom is -0.125 e. The lowest BCUT2D eigenvalue weighted by Crippen LogP contribution is -1.76. The summed E-state index contributed by atoms with van der Waals surface area (Å²) in [7, 11) is 0. The van der Waals surface area contributed by atoms with Crippen LogP contribution in [0.15, 0.2) is 34.7 Å². The van der Waals surface area contributed by atoms with Crippen LogP contribution >= 0.6 is 11.8 Å². The molecule has 0 aliphatic carbocycles. The van der Waals surface area contributed by atoms with Gasteiger partial charge in [0.25, 0.3) is 0 Å². The molecule has 12 heavy (non-hydrogen) atoms. The van der Waals surface area contributed by atoms with Gasteiger partial charge < -0.3 is 0 Å². The van der Waals surface area contributed by atoms with Gasteiger partial charge in [-0.05, 0) is 25.0 Å². The molecule has 0 N–H and O–H groups in total. The lowest BCUT2D eigenvalue weighted by atomic mass is 10.1. The van der Waals surface area contributed by atoms with E-state index >= 15 is 0 Å². The molecule has 0 unspecified atom stereocenters. The number of hydrogen-bond acceptors (Lipinski definition) is 1. The molecular weight excluding hydrogens is 164 g/mol. The third-order valence-electron chi connectivity index (χ3n) is 2.07. The van der Waals surface area contributed by atoms with Crippen molar-refractivity contribution in [2.45, 2.75) is 18.2 Å². The summed E-state index contributed by atoms with van der Waals surface area (Å²) in [6.07, 6.45) is 3.52. The topological polar surface area (TPSA) is 0 Å². The van der Waals surface area contributed by atoms with Gasteiger partial charge in [0.15, 0.2) is 0 Å². The van der Waals surface area contributed by atoms with E-state index in [0.717, 1.165) is 0 Å². The molecule has 62 valence electrons. The fourth-order valence-electron chi connectivity index (χ4n) is 1.39. The summed E-state index contributed by atoms with van der Waals surface area (Å²) in [4.78, 5) is 1.43. The molecule has 1 heterocycles. The Balaban J connectivity index is 2.47. The van der Waals surface area contributed by atoms with Crippen LogP contribution in [0, 0.1) is 0 Å². The number of benzene rings is 1. The molecule has 0 aromatic heterocycles. The second-order valence-electron chi connectivity index (χ2n) is 3.13. The zero-order chi connectivity index (χ0) is 8.39. The number of rotatable bonds is 0. The highest BCUT2D eigenvalue weighted by atomic mass is 32.2. The minimum absolute atomic E-state index is 1.22. The average molecular weight is 176 g/mol. The van der Waals surface area contributed by atoms with E-state index in [1.807, 2.05) is 11.8 Å². The zero-order valence-electron chi connectivity index (χ0n) is 7.21. The second kappa shape index (κ2) is 3.36. The summed E-state index contributed by atoms with van der Waals surface area (Å²) >= 11 is 1.96. The van der Waals surface area contributed by atoms with Crippen molar-refractivity contribution < 1.29 is 0 Å². The van der Waals surface area contributed by atoms with Gasteiger partial charge in [0.1, 0.15) is 0 Å². The van der Waals surface area contributed by atoms with Crippen LogP contribution in [0.2, 0.25) is 0 Å². The highest BCUT2D eigenvalue weighted by molar-refractivity contribution is 7.99. The molecule has 1 aromatic carbocycles. The molecule has 0 radical (unpaired) electrons. The SMILES string of the molecule is CC1=Cc2ccccc2SCC1. The van der Waals surface area contributed by atoms with E-state index in [1.165, 1.54) is 28.2 Å². The zero-order valence-corrected chi connectivity index (χ0v) is 8.03. The van der Waals surface area contributed by atoms with E-state index in [-0.39, 0.29) is 0 Å². The van der Waals surface area contributed by atoms with Crippen molar-refractivity contribution in [3.8, 4) is 0 Å². The van der Waals surface area contributed by atoms with E-state index in [9.17, 15) is 0 Å². The molecule has 0 fully saturated rings. The predicted molar refractivity (Wildman–Crippen MR) is 55.4 cm³/mol. The monoisotopic (exact) mass is 176 g/mol. The summed E-state index contributed by atoms with van der Waals surface area (Å²) in [6.45, 7) is 2.21. The third-order valence-corrected chi connectivity index (χ3v) is 3.17. The Bertz CT molecular complexity index is 313. The normalized spacial score (nSPS) is 16.2. The fraction of sp³-hybridized carbons (Fsp3) is 0.273. The highest BCUT2D eigenvalue weighted by Crippen LogP contribution is 2.29. The predicted octanol–water partition coefficient (Wildman–Crippen LogP) is 3.59. The van der Waals surface area contributed by atoms with Crippen molar-refractivity contribution in [2.24, 2.45) is 0 Å². The first-order valence-electron chi connectivity index (χ1n) is 4.25. The van der Waals surface area contributed by atoms with E-state index in [2.05, 4.69) is 37.3 Å². The van der Waals surface area contributed by atoms with Crippen molar-refractivity contribution in [2.75, 3.05) is 5.75 Å². The maximum Gasteiger partial charge on any atom is 0.0144 e. The molecule has 1 aliphatic heterocycles. The van der Waals surface area contributed by atoms with Crippen LogP contribution in [-0.2, 0) is 0 Å². The van der Waals surface area contributed by atoms with Crippen LogP contribution < -0.4 is 0 Å². The van der Waals surface area contributed by atoms with Crippen LogP contribution in [0.25, 0.3) is 6.08 Å². The molecule has 0 spiro atoms. The molecule has 0 nitrogen and oxygen atoms in total. The molecule has 1 aliphatic rings. The van der Waals surface area contributed by atoms with E-state index in [0.29, 0.717) is 0 Å². The van der Waals surface area contributed by atoms with E-state index < -0.39 is 0 Å². The number of fused-ring (bicyclic) bond motifs is 1. The number of allylic oxidation sites excluding steroid dienone is 1. The Hall–Kier alpha value is -0.690. The Morgan fingerprint density at radius 1 is 1.25 bits per heavy atom. The highest BCUT2D eigenvalue weighted by Gasteiger charge is 2.04. The van der Waals surface area contributed by atoms with E-state index in [4.69, 9.17) is 0 Å². The first kappa shape index (κ1) is 7.93. The van der Waals surface area contributed by atoms with Crippen LogP contribution in [0.4, 0.5) is 0 Å². The second-order valence-corrected chi connectivity index (χ2v) is 4.26. The summed E-state index contributed by atoms with van der Waals surface area (Å²) in [5.41, 5.74) is 2.88. The molecule has 0 atom stereocenters. The standard InChI is InChI=1S/C11H12S/c1-9-6-7-12-11-5-3-2-4-10(11)8-9/h2-5,8H,6-7H2,1H3. The molecule has 1 aromatic rings. The molecular formula is C11H12S. The molecule has 0 saturated carbocycles. The van der Waals surface area contributed by atoms with Crippen LogP contribution in [-0.4, -0.2) is 5.75 Å². The van der Waals surface area contributed by atoms with Crippen LogP contribution in [0.5, 0.6) is 0 Å². The molecule has 0 bridgehead atoms. The van der Waals surface area contributed by atoms with E-state index in [1.54, 1.807) is 0 Å². The Morgan fingerprint density at radius 3 is 3.00 bits per heavy atom. The first-order chi connectivity index (χ1) is 5.86. The van der Waals surface area contributed by atoms with Gasteiger partial charge >= 0.3 is 0 Å². The summed E-state index contributed by atoms with van der Waals surface area (Å²) < 4.78 is 0. The Labute approximate surface area is 77.7 Å². The van der Waals surface area contributed by atoms with Crippen molar-refractivity contribution >= 4 is 17.8 Å². The summed E-state index contributed by atoms with van der Waals surface area (Å²) in [5, 5.41) is 0. The van der Waals surface area contributed by atoms with Gasteiger partial charge in [-0.3, -0.25) is 0 Å². The lowest BCUT2D eigenvalue weighted by molar-refractivity contribution is 1.13. The quantitative estimate of drug-likeness (QED) is 0.582. The number of thioether (sulfide) groups is 1. The maximum atomic E-state index is 2.30. The molecule has 0 saturated heterocycles. The van der Waals surface area contributed by atoms with Gasteiger partial charge in [-0.1, -0.05) is 29.8 Å². The molecule has 2 rings (SSSR count). The summed E-state index contributed by atoms with van der Waals surface area (Å²) in [5.74, 6) is 1.22. The number of hydrogen-bond donors (Lipinski definition) is 0. The van der Waals surface area contributed by atoms with Gasteiger partial charge in [0.05, 0.1) is 0 Å². The maximum absolute atomic E-state index is 2.30. The Kier molecular flexibility index (Phi) is 2.22. The van der Waals surface area contributed by atoms with Gasteiger partial charge in [-0.15, -0.1) is 11.8 Å². The van der Waals surface area contributed by atoms with Crippen molar-refractivity contribution in [3.05, 3.63) is 35.4 Å². The Morgan fingerprint density at radius 2 is 2.08 bits per heavy atom. The van der Waals surface area contributed by atoms with Gasteiger partial charge in [-0.25, -0.2) is 0 Å². The smallest absolute Gasteiger partial charge is 0.0144 e. The third kappa shape index (κ3) is 1.56. The van der Waals surface area contributed by atoms with Crippen molar-refractivity contribution in [1.29, 1.82) is 0 Å². The average Bonchev–Trinajstić information content (AvgIpc) is 2.25. The van der Waals surface area contributed by atoms with Crippen LogP contribution in [0.3, 0.4) is 0 Å². The van der Waals surface area contributed by atoms with Gasteiger partial charge in [0, 0.05) is 10.6 Å². The largest absolute Gasteiger partial charge is 0.125 e. The van der Waals surface area contributed by atoms with Gasteiger partial charge in [-0.2, -0.15) is 0 Å². The lowest BCUT2D eigenvalue weighted by Gasteiger charge is -2.00. The molecule has 1 heteroatoms. The van der Waals surface area contributed by atoms with Crippen LogP contribution in [0.1, 0.15) is 18.9 Å². The molecule has 0 amide bonds. The first-order valence-corrected chi connectivity index (χ1v) is 5.24. The minimum atomic E-state index is 1.22. The fourth-order valence-corrected chi connectivity index (χ4v) is 2.50. The van der Waals surface area contributed by atoms with Crippen molar-refractivity contribution in [3.63, 3.8) is 0 Å². The van der Waals surface area contributed by atoms with Gasteiger partial charge in [0.2, 0.25) is 0 Å². The van der Waals surface area contributed by atoms with Crippen molar-refractivity contribution in [1.82, 2.24) is 0 Å².